The van der Waals surface area contributed by atoms with Gasteiger partial charge in [-0.15, -0.1) is 11.3 Å². The fourth-order valence-electron chi connectivity index (χ4n) is 1.62. The Bertz CT molecular complexity index is 514. The predicted molar refractivity (Wildman–Crippen MR) is 66.4 cm³/mol. The van der Waals surface area contributed by atoms with Crippen LogP contribution in [-0.2, 0) is 0 Å². The molecule has 16 heavy (non-hydrogen) atoms. The van der Waals surface area contributed by atoms with E-state index in [1.165, 1.54) is 5.56 Å². The largest absolute Gasteiger partial charge is 0.497 e. The van der Waals surface area contributed by atoms with Gasteiger partial charge in [0.05, 0.1) is 7.11 Å². The molecule has 0 atom stereocenters. The summed E-state index contributed by atoms with van der Waals surface area (Å²) in [6, 6.07) is 7.63. The van der Waals surface area contributed by atoms with Gasteiger partial charge in [-0.3, -0.25) is 4.79 Å². The zero-order valence-corrected chi connectivity index (χ0v) is 10.0. The first-order valence-electron chi connectivity index (χ1n) is 4.94. The molecule has 0 radical (unpaired) electrons. The van der Waals surface area contributed by atoms with Crippen molar-refractivity contribution in [3.63, 3.8) is 0 Å². The second-order valence-electron chi connectivity index (χ2n) is 3.50. The number of thiophene rings is 1. The quantitative estimate of drug-likeness (QED) is 0.756. The Morgan fingerprint density at radius 2 is 2.12 bits per heavy atom. The summed E-state index contributed by atoms with van der Waals surface area (Å²) in [6.07, 6.45) is 0.872. The number of hydrogen-bond acceptors (Lipinski definition) is 3. The van der Waals surface area contributed by atoms with E-state index in [9.17, 15) is 4.79 Å². The van der Waals surface area contributed by atoms with Crippen LogP contribution in [0.1, 0.15) is 15.9 Å². The van der Waals surface area contributed by atoms with Crippen molar-refractivity contribution in [3.8, 4) is 16.2 Å². The van der Waals surface area contributed by atoms with Gasteiger partial charge < -0.3 is 4.74 Å². The minimum atomic E-state index is 0.671. The average molecular weight is 232 g/mol. The smallest absolute Gasteiger partial charge is 0.150 e. The standard InChI is InChI=1S/C13H12O2S/c1-9-5-6-16-13(9)12-4-3-11(15-2)7-10(12)8-14/h3-8H,1-2H3. The fourth-order valence-corrected chi connectivity index (χ4v) is 2.60. The van der Waals surface area contributed by atoms with Crippen LogP contribution in [0.3, 0.4) is 0 Å². The summed E-state index contributed by atoms with van der Waals surface area (Å²) in [5, 5.41) is 2.03. The molecular formula is C13H12O2S. The van der Waals surface area contributed by atoms with Crippen LogP contribution in [0.25, 0.3) is 10.4 Å². The second-order valence-corrected chi connectivity index (χ2v) is 4.42. The molecule has 0 unspecified atom stereocenters. The first-order chi connectivity index (χ1) is 7.76. The van der Waals surface area contributed by atoms with Crippen LogP contribution in [0.5, 0.6) is 5.75 Å². The van der Waals surface area contributed by atoms with Crippen LogP contribution in [0.4, 0.5) is 0 Å². The van der Waals surface area contributed by atoms with Crippen LogP contribution in [0.15, 0.2) is 29.6 Å². The van der Waals surface area contributed by atoms with E-state index in [-0.39, 0.29) is 0 Å². The molecule has 0 aliphatic heterocycles. The van der Waals surface area contributed by atoms with Crippen molar-refractivity contribution in [3.05, 3.63) is 40.8 Å². The van der Waals surface area contributed by atoms with E-state index in [2.05, 4.69) is 6.07 Å². The van der Waals surface area contributed by atoms with Crippen molar-refractivity contribution in [2.24, 2.45) is 0 Å². The van der Waals surface area contributed by atoms with Crippen molar-refractivity contribution in [2.75, 3.05) is 7.11 Å². The molecule has 3 heteroatoms. The third kappa shape index (κ3) is 1.86. The third-order valence-electron chi connectivity index (χ3n) is 2.49. The maximum atomic E-state index is 11.1. The molecular weight excluding hydrogens is 220 g/mol. The maximum absolute atomic E-state index is 11.1. The fraction of sp³-hybridized carbons (Fsp3) is 0.154. The molecule has 0 N–H and O–H groups in total. The monoisotopic (exact) mass is 232 g/mol. The third-order valence-corrected chi connectivity index (χ3v) is 3.54. The second kappa shape index (κ2) is 4.49. The van der Waals surface area contributed by atoms with Crippen molar-refractivity contribution < 1.29 is 9.53 Å². The average Bonchev–Trinajstić information content (AvgIpc) is 2.74. The van der Waals surface area contributed by atoms with E-state index in [1.54, 1.807) is 24.5 Å². The van der Waals surface area contributed by atoms with E-state index in [4.69, 9.17) is 4.74 Å². The zero-order chi connectivity index (χ0) is 11.5. The van der Waals surface area contributed by atoms with Gasteiger partial charge >= 0.3 is 0 Å². The SMILES string of the molecule is COc1ccc(-c2sccc2C)c(C=O)c1. The van der Waals surface area contributed by atoms with Gasteiger partial charge in [-0.1, -0.05) is 0 Å². The number of ether oxygens (including phenoxy) is 1. The summed E-state index contributed by atoms with van der Waals surface area (Å²) in [5.41, 5.74) is 2.84. The summed E-state index contributed by atoms with van der Waals surface area (Å²) in [6.45, 7) is 2.05. The van der Waals surface area contributed by atoms with Gasteiger partial charge in [0, 0.05) is 16.0 Å². The number of hydrogen-bond donors (Lipinski definition) is 0. The molecule has 2 aromatic rings. The summed E-state index contributed by atoms with van der Waals surface area (Å²) < 4.78 is 5.10. The highest BCUT2D eigenvalue weighted by Gasteiger charge is 2.09. The molecule has 0 bridgehead atoms. The van der Waals surface area contributed by atoms with E-state index in [0.29, 0.717) is 11.3 Å². The number of carbonyl (C=O) groups is 1. The topological polar surface area (TPSA) is 26.3 Å². The van der Waals surface area contributed by atoms with E-state index < -0.39 is 0 Å². The van der Waals surface area contributed by atoms with Crippen LogP contribution in [0.2, 0.25) is 0 Å². The lowest BCUT2D eigenvalue weighted by atomic mass is 10.0. The van der Waals surface area contributed by atoms with Crippen molar-refractivity contribution in [1.29, 1.82) is 0 Å². The lowest BCUT2D eigenvalue weighted by Gasteiger charge is -2.06. The minimum absolute atomic E-state index is 0.671. The number of carbonyl (C=O) groups excluding carboxylic acids is 1. The first-order valence-corrected chi connectivity index (χ1v) is 5.82. The molecule has 1 aromatic heterocycles. The van der Waals surface area contributed by atoms with E-state index >= 15 is 0 Å². The molecule has 0 saturated carbocycles. The van der Waals surface area contributed by atoms with Gasteiger partial charge in [0.15, 0.2) is 6.29 Å². The van der Waals surface area contributed by atoms with Crippen molar-refractivity contribution in [2.45, 2.75) is 6.92 Å². The molecule has 0 spiro atoms. The summed E-state index contributed by atoms with van der Waals surface area (Å²) in [7, 11) is 1.60. The molecule has 0 amide bonds. The Hall–Kier alpha value is -1.61. The molecule has 0 fully saturated rings. The molecule has 1 heterocycles. The van der Waals surface area contributed by atoms with E-state index in [0.717, 1.165) is 16.7 Å². The van der Waals surface area contributed by atoms with Crippen molar-refractivity contribution in [1.82, 2.24) is 0 Å². The van der Waals surface area contributed by atoms with Crippen LogP contribution in [-0.4, -0.2) is 13.4 Å². The highest BCUT2D eigenvalue weighted by molar-refractivity contribution is 7.13. The highest BCUT2D eigenvalue weighted by atomic mass is 32.1. The zero-order valence-electron chi connectivity index (χ0n) is 9.19. The van der Waals surface area contributed by atoms with Crippen molar-refractivity contribution >= 4 is 17.6 Å². The Balaban J connectivity index is 2.57. The minimum Gasteiger partial charge on any atom is -0.497 e. The molecule has 0 aliphatic rings. The number of aldehydes is 1. The normalized spacial score (nSPS) is 10.1. The summed E-state index contributed by atoms with van der Waals surface area (Å²) in [4.78, 5) is 12.2. The molecule has 0 saturated heterocycles. The van der Waals surface area contributed by atoms with E-state index in [1.807, 2.05) is 24.4 Å². The Kier molecular flexibility index (Phi) is 3.06. The van der Waals surface area contributed by atoms with Gasteiger partial charge in [-0.25, -0.2) is 0 Å². The first kappa shape index (κ1) is 10.9. The molecule has 82 valence electrons. The lowest BCUT2D eigenvalue weighted by molar-refractivity contribution is 0.112. The van der Waals surface area contributed by atoms with Gasteiger partial charge in [-0.2, -0.15) is 0 Å². The lowest BCUT2D eigenvalue weighted by Crippen LogP contribution is -1.90. The van der Waals surface area contributed by atoms with Gasteiger partial charge in [0.1, 0.15) is 5.75 Å². The van der Waals surface area contributed by atoms with Gasteiger partial charge in [0.2, 0.25) is 0 Å². The van der Waals surface area contributed by atoms with Gasteiger partial charge in [-0.05, 0) is 42.1 Å². The molecule has 2 nitrogen and oxygen atoms in total. The Morgan fingerprint density at radius 1 is 1.31 bits per heavy atom. The maximum Gasteiger partial charge on any atom is 0.150 e. The Labute approximate surface area is 98.5 Å². The highest BCUT2D eigenvalue weighted by Crippen LogP contribution is 2.32. The number of aryl methyl sites for hydroxylation is 1. The summed E-state index contributed by atoms with van der Waals surface area (Å²) >= 11 is 1.65. The van der Waals surface area contributed by atoms with Crippen LogP contribution in [0, 0.1) is 6.92 Å². The number of rotatable bonds is 3. The Morgan fingerprint density at radius 3 is 2.69 bits per heavy atom. The van der Waals surface area contributed by atoms with Crippen LogP contribution < -0.4 is 4.74 Å². The van der Waals surface area contributed by atoms with Gasteiger partial charge in [0.25, 0.3) is 0 Å². The molecule has 1 aromatic carbocycles. The molecule has 2 rings (SSSR count). The molecule has 0 aliphatic carbocycles. The number of methoxy groups -OCH3 is 1. The van der Waals surface area contributed by atoms with Crippen LogP contribution >= 0.6 is 11.3 Å². The number of benzene rings is 1. The summed E-state index contributed by atoms with van der Waals surface area (Å²) in [5.74, 6) is 0.708. The predicted octanol–water partition coefficient (Wildman–Crippen LogP) is 3.54.